The van der Waals surface area contributed by atoms with E-state index in [1.165, 1.54) is 15.6 Å². The van der Waals surface area contributed by atoms with Gasteiger partial charge in [0.25, 0.3) is 10.2 Å². The lowest BCUT2D eigenvalue weighted by atomic mass is 10.2. The van der Waals surface area contributed by atoms with Crippen molar-refractivity contribution >= 4 is 21.5 Å². The van der Waals surface area contributed by atoms with Crippen LogP contribution in [-0.2, 0) is 21.5 Å². The zero-order valence-corrected chi connectivity index (χ0v) is 12.6. The highest BCUT2D eigenvalue weighted by Gasteiger charge is 2.23. The number of ether oxygens (including phenoxy) is 1. The summed E-state index contributed by atoms with van der Waals surface area (Å²) in [5.41, 5.74) is 6.16. The first-order chi connectivity index (χ1) is 9.63. The minimum Gasteiger partial charge on any atom is -0.379 e. The molecule has 0 aromatic carbocycles. The molecule has 1 aliphatic rings. The van der Waals surface area contributed by atoms with E-state index in [-0.39, 0.29) is 13.1 Å². The predicted octanol–water partition coefficient (Wildman–Crippen LogP) is -0.275. The van der Waals surface area contributed by atoms with E-state index in [1.807, 2.05) is 11.4 Å². The Bertz CT molecular complexity index is 595. The summed E-state index contributed by atoms with van der Waals surface area (Å²) in [7, 11) is -3.46. The van der Waals surface area contributed by atoms with Crippen LogP contribution in [0.5, 0.6) is 0 Å². The molecule has 110 valence electrons. The van der Waals surface area contributed by atoms with Crippen LogP contribution in [0.15, 0.2) is 11.4 Å². The van der Waals surface area contributed by atoms with Crippen LogP contribution in [0.1, 0.15) is 10.4 Å². The highest BCUT2D eigenvalue weighted by molar-refractivity contribution is 7.87. The van der Waals surface area contributed by atoms with E-state index in [4.69, 9.17) is 10.5 Å². The van der Waals surface area contributed by atoms with Crippen LogP contribution >= 0.6 is 11.3 Å². The van der Waals surface area contributed by atoms with Crippen LogP contribution in [-0.4, -0.2) is 45.6 Å². The van der Waals surface area contributed by atoms with E-state index in [1.54, 1.807) is 0 Å². The van der Waals surface area contributed by atoms with Crippen molar-refractivity contribution in [1.29, 1.82) is 0 Å². The Morgan fingerprint density at radius 3 is 2.90 bits per heavy atom. The number of rotatable bonds is 4. The Morgan fingerprint density at radius 2 is 2.20 bits per heavy atom. The third kappa shape index (κ3) is 4.02. The molecule has 1 aliphatic heterocycles. The third-order valence-corrected chi connectivity index (χ3v) is 5.27. The summed E-state index contributed by atoms with van der Waals surface area (Å²) in [5, 5.41) is 1.89. The molecular weight excluding hydrogens is 298 g/mol. The van der Waals surface area contributed by atoms with Crippen LogP contribution < -0.4 is 10.5 Å². The fourth-order valence-electron chi connectivity index (χ4n) is 1.77. The normalized spacial score (nSPS) is 16.6. The maximum Gasteiger partial charge on any atom is 0.279 e. The minimum atomic E-state index is -3.46. The summed E-state index contributed by atoms with van der Waals surface area (Å²) in [6.45, 7) is 2.18. The Hall–Kier alpha value is -0.950. The molecule has 1 aromatic rings. The summed E-state index contributed by atoms with van der Waals surface area (Å²) in [4.78, 5) is 0.891. The summed E-state index contributed by atoms with van der Waals surface area (Å²) < 4.78 is 33.4. The number of morpholine rings is 1. The van der Waals surface area contributed by atoms with Crippen molar-refractivity contribution in [1.82, 2.24) is 9.03 Å². The zero-order valence-electron chi connectivity index (χ0n) is 11.0. The number of nitrogens with zero attached hydrogens (tertiary/aromatic N) is 1. The van der Waals surface area contributed by atoms with Gasteiger partial charge in [0, 0.05) is 30.1 Å². The van der Waals surface area contributed by atoms with Crippen molar-refractivity contribution in [3.05, 3.63) is 21.9 Å². The fourth-order valence-corrected chi connectivity index (χ4v) is 3.77. The Kier molecular flexibility index (Phi) is 5.54. The first kappa shape index (κ1) is 15.4. The zero-order chi connectivity index (χ0) is 14.4. The molecule has 8 heteroatoms. The second kappa shape index (κ2) is 7.17. The average Bonchev–Trinajstić information content (AvgIpc) is 2.91. The van der Waals surface area contributed by atoms with Crippen molar-refractivity contribution in [2.45, 2.75) is 6.54 Å². The average molecular weight is 315 g/mol. The van der Waals surface area contributed by atoms with Gasteiger partial charge >= 0.3 is 0 Å². The van der Waals surface area contributed by atoms with Gasteiger partial charge in [-0.2, -0.15) is 17.4 Å². The van der Waals surface area contributed by atoms with Gasteiger partial charge in [-0.05, 0) is 11.4 Å². The Balaban J connectivity index is 1.99. The Morgan fingerprint density at radius 1 is 1.45 bits per heavy atom. The van der Waals surface area contributed by atoms with E-state index >= 15 is 0 Å². The monoisotopic (exact) mass is 315 g/mol. The number of nitrogens with two attached hydrogens (primary N) is 1. The first-order valence-electron chi connectivity index (χ1n) is 6.21. The van der Waals surface area contributed by atoms with Gasteiger partial charge in [0.05, 0.1) is 19.8 Å². The highest BCUT2D eigenvalue weighted by atomic mass is 32.2. The van der Waals surface area contributed by atoms with Gasteiger partial charge < -0.3 is 10.5 Å². The Labute approximate surface area is 123 Å². The largest absolute Gasteiger partial charge is 0.379 e. The lowest BCUT2D eigenvalue weighted by molar-refractivity contribution is 0.0725. The van der Waals surface area contributed by atoms with Gasteiger partial charge in [-0.15, -0.1) is 11.3 Å². The number of thiophene rings is 1. The summed E-state index contributed by atoms with van der Waals surface area (Å²) >= 11 is 1.47. The van der Waals surface area contributed by atoms with E-state index in [9.17, 15) is 8.42 Å². The van der Waals surface area contributed by atoms with Crippen molar-refractivity contribution in [2.75, 3.05) is 32.8 Å². The molecule has 0 bridgehead atoms. The van der Waals surface area contributed by atoms with Crippen LogP contribution in [0.4, 0.5) is 0 Å². The summed E-state index contributed by atoms with van der Waals surface area (Å²) in [5.74, 6) is 5.71. The van der Waals surface area contributed by atoms with Gasteiger partial charge in [-0.1, -0.05) is 11.8 Å². The van der Waals surface area contributed by atoms with Crippen molar-refractivity contribution in [2.24, 2.45) is 5.73 Å². The molecule has 0 unspecified atom stereocenters. The molecule has 0 atom stereocenters. The predicted molar refractivity (Wildman–Crippen MR) is 78.4 cm³/mol. The molecule has 0 radical (unpaired) electrons. The smallest absolute Gasteiger partial charge is 0.279 e. The van der Waals surface area contributed by atoms with Gasteiger partial charge in [0.15, 0.2) is 0 Å². The second-order valence-electron chi connectivity index (χ2n) is 4.10. The van der Waals surface area contributed by atoms with Crippen molar-refractivity contribution < 1.29 is 13.2 Å². The molecular formula is C12H17N3O3S2. The lowest BCUT2D eigenvalue weighted by Crippen LogP contribution is -2.46. The fraction of sp³-hybridized carbons (Fsp3) is 0.500. The molecule has 2 rings (SSSR count). The van der Waals surface area contributed by atoms with Gasteiger partial charge in [-0.25, -0.2) is 0 Å². The van der Waals surface area contributed by atoms with Gasteiger partial charge in [0.1, 0.15) is 0 Å². The maximum atomic E-state index is 12.1. The molecule has 1 saturated heterocycles. The SMILES string of the molecule is NCC#Cc1ccsc1CNS(=O)(=O)N1CCOCC1. The van der Waals surface area contributed by atoms with E-state index < -0.39 is 10.2 Å². The van der Waals surface area contributed by atoms with Crippen LogP contribution in [0.2, 0.25) is 0 Å². The van der Waals surface area contributed by atoms with E-state index in [0.29, 0.717) is 26.3 Å². The van der Waals surface area contributed by atoms with Gasteiger partial charge in [-0.3, -0.25) is 0 Å². The molecule has 20 heavy (non-hydrogen) atoms. The molecule has 6 nitrogen and oxygen atoms in total. The quantitative estimate of drug-likeness (QED) is 0.749. The molecule has 0 amide bonds. The number of hydrogen-bond acceptors (Lipinski definition) is 5. The van der Waals surface area contributed by atoms with Crippen LogP contribution in [0.3, 0.4) is 0 Å². The van der Waals surface area contributed by atoms with Crippen molar-refractivity contribution in [3.8, 4) is 11.8 Å². The van der Waals surface area contributed by atoms with Crippen molar-refractivity contribution in [3.63, 3.8) is 0 Å². The molecule has 0 saturated carbocycles. The topological polar surface area (TPSA) is 84.7 Å². The molecule has 0 aliphatic carbocycles. The standard InChI is InChI=1S/C12H17N3O3S2/c13-4-1-2-11-3-9-19-12(11)10-14-20(16,17)15-5-7-18-8-6-15/h3,9,14H,4-8,10,13H2. The van der Waals surface area contributed by atoms with E-state index in [2.05, 4.69) is 16.6 Å². The minimum absolute atomic E-state index is 0.242. The molecule has 0 spiro atoms. The number of hydrogen-bond donors (Lipinski definition) is 2. The first-order valence-corrected chi connectivity index (χ1v) is 8.53. The number of nitrogens with one attached hydrogen (secondary N) is 1. The molecule has 1 aromatic heterocycles. The molecule has 1 fully saturated rings. The second-order valence-corrected chi connectivity index (χ2v) is 6.86. The lowest BCUT2D eigenvalue weighted by Gasteiger charge is -2.25. The summed E-state index contributed by atoms with van der Waals surface area (Å²) in [6, 6.07) is 1.87. The maximum absolute atomic E-state index is 12.1. The third-order valence-electron chi connectivity index (χ3n) is 2.80. The highest BCUT2D eigenvalue weighted by Crippen LogP contribution is 2.16. The summed E-state index contributed by atoms with van der Waals surface area (Å²) in [6.07, 6.45) is 0. The van der Waals surface area contributed by atoms with Crippen LogP contribution in [0, 0.1) is 11.8 Å². The van der Waals surface area contributed by atoms with Crippen LogP contribution in [0.25, 0.3) is 0 Å². The molecule has 3 N–H and O–H groups in total. The van der Waals surface area contributed by atoms with Gasteiger partial charge in [0.2, 0.25) is 0 Å². The molecule has 2 heterocycles. The van der Waals surface area contributed by atoms with E-state index in [0.717, 1.165) is 10.4 Å².